The van der Waals surface area contributed by atoms with Crippen molar-refractivity contribution in [2.75, 3.05) is 6.61 Å². The molecule has 2 fully saturated rings. The second-order valence-corrected chi connectivity index (χ2v) is 14.4. The molecule has 5 aromatic rings. The number of hydrogen-bond acceptors (Lipinski definition) is 10. The lowest BCUT2D eigenvalue weighted by Crippen LogP contribution is -2.65. The Morgan fingerprint density at radius 3 is 1.14 bits per heavy atom. The fourth-order valence-electron chi connectivity index (χ4n) is 7.24. The van der Waals surface area contributed by atoms with E-state index in [2.05, 4.69) is 0 Å². The van der Waals surface area contributed by atoms with Crippen LogP contribution in [-0.4, -0.2) is 78.2 Å². The van der Waals surface area contributed by atoms with E-state index in [-0.39, 0.29) is 26.4 Å². The van der Waals surface area contributed by atoms with Gasteiger partial charge in [0, 0.05) is 0 Å². The summed E-state index contributed by atoms with van der Waals surface area (Å²) in [5.41, 5.74) is 4.77. The molecule has 0 saturated carbocycles. The number of aliphatic hydroxyl groups excluding tert-OH is 2. The average Bonchev–Trinajstić information content (AvgIpc) is 3.26. The molecular formula is C47H52O10. The number of rotatable bonds is 18. The van der Waals surface area contributed by atoms with Crippen LogP contribution in [-0.2, 0) is 70.9 Å². The van der Waals surface area contributed by atoms with Crippen LogP contribution in [0.5, 0.6) is 0 Å². The second kappa shape index (κ2) is 20.9. The zero-order valence-electron chi connectivity index (χ0n) is 32.1. The van der Waals surface area contributed by atoms with Gasteiger partial charge in [-0.25, -0.2) is 0 Å². The fourth-order valence-corrected chi connectivity index (χ4v) is 7.24. The van der Waals surface area contributed by atoms with E-state index in [0.29, 0.717) is 6.61 Å². The Balaban J connectivity index is 1.21. The normalized spacial score (nSPS) is 27.6. The van der Waals surface area contributed by atoms with E-state index in [1.54, 1.807) is 0 Å². The third kappa shape index (κ3) is 11.2. The molecule has 2 heterocycles. The molecular weight excluding hydrogens is 725 g/mol. The largest absolute Gasteiger partial charge is 0.394 e. The second-order valence-electron chi connectivity index (χ2n) is 14.4. The van der Waals surface area contributed by atoms with Gasteiger partial charge in [-0.1, -0.05) is 152 Å². The van der Waals surface area contributed by atoms with Crippen molar-refractivity contribution in [2.45, 2.75) is 101 Å². The third-order valence-corrected chi connectivity index (χ3v) is 10.2. The molecule has 2 saturated heterocycles. The molecule has 300 valence electrons. The highest BCUT2D eigenvalue weighted by atomic mass is 16.7. The lowest BCUT2D eigenvalue weighted by atomic mass is 9.96. The van der Waals surface area contributed by atoms with Crippen molar-refractivity contribution < 1.29 is 48.1 Å². The smallest absolute Gasteiger partial charge is 0.187 e. The van der Waals surface area contributed by atoms with Gasteiger partial charge in [0.25, 0.3) is 0 Å². The summed E-state index contributed by atoms with van der Waals surface area (Å²) in [7, 11) is 0. The van der Waals surface area contributed by atoms with Crippen molar-refractivity contribution in [1.82, 2.24) is 0 Å². The Morgan fingerprint density at radius 2 is 0.754 bits per heavy atom. The SMILES string of the molecule is C[C@@H]1O[C@H](O[C@H]2[C@H](OCc3ccccc3)[C@@H](OCc3ccccc3)[C@@H](O)O[C@@H]2CO)[C@@H](OCc2ccccc2)[C@H](OCc2ccccc2)[C@@H]1OCc1ccccc1. The van der Waals surface area contributed by atoms with Gasteiger partial charge in [0.15, 0.2) is 12.6 Å². The van der Waals surface area contributed by atoms with E-state index in [4.69, 9.17) is 37.9 Å². The molecule has 10 heteroatoms. The Hall–Kier alpha value is -4.30. The topological polar surface area (TPSA) is 114 Å². The molecule has 10 nitrogen and oxygen atoms in total. The molecule has 2 N–H and O–H groups in total. The van der Waals surface area contributed by atoms with Crippen LogP contribution in [0, 0.1) is 0 Å². The summed E-state index contributed by atoms with van der Waals surface area (Å²) in [6, 6.07) is 49.1. The Kier molecular flexibility index (Phi) is 15.0. The Labute approximate surface area is 334 Å². The lowest BCUT2D eigenvalue weighted by molar-refractivity contribution is -0.370. The maximum Gasteiger partial charge on any atom is 0.187 e. The van der Waals surface area contributed by atoms with E-state index in [1.165, 1.54) is 0 Å². The molecule has 0 aliphatic carbocycles. The van der Waals surface area contributed by atoms with Crippen LogP contribution < -0.4 is 0 Å². The standard InChI is InChI=1S/C47H52O10/c1-33-40(50-28-34-17-7-2-8-18-34)42(51-29-35-19-9-3-10-20-35)45(54-32-38-25-15-6-16-26-38)47(55-33)57-41-39(27-48)56-46(49)44(53-31-37-23-13-5-14-24-37)43(41)52-30-36-21-11-4-12-22-36/h2-26,33,39-49H,27-32H2,1H3/t33-,39+,40+,41+,42+,43-,44+,45-,46-,47+/m0/s1. The van der Waals surface area contributed by atoms with Crippen molar-refractivity contribution in [3.63, 3.8) is 0 Å². The maximum absolute atomic E-state index is 11.4. The molecule has 0 bridgehead atoms. The highest BCUT2D eigenvalue weighted by Crippen LogP contribution is 2.35. The molecule has 0 aromatic heterocycles. The van der Waals surface area contributed by atoms with Crippen LogP contribution >= 0.6 is 0 Å². The molecule has 0 radical (unpaired) electrons. The first-order valence-corrected chi connectivity index (χ1v) is 19.6. The van der Waals surface area contributed by atoms with Crippen LogP contribution in [0.3, 0.4) is 0 Å². The van der Waals surface area contributed by atoms with Gasteiger partial charge >= 0.3 is 0 Å². The first-order chi connectivity index (χ1) is 28.1. The zero-order chi connectivity index (χ0) is 39.2. The van der Waals surface area contributed by atoms with E-state index in [1.807, 2.05) is 159 Å². The van der Waals surface area contributed by atoms with E-state index < -0.39 is 68.0 Å². The number of benzene rings is 5. The first kappa shape index (κ1) is 40.9. The number of ether oxygens (including phenoxy) is 8. The monoisotopic (exact) mass is 776 g/mol. The summed E-state index contributed by atoms with van der Waals surface area (Å²) in [6.45, 7) is 2.69. The minimum atomic E-state index is -1.42. The summed E-state index contributed by atoms with van der Waals surface area (Å²) >= 11 is 0. The highest BCUT2D eigenvalue weighted by molar-refractivity contribution is 5.17. The van der Waals surface area contributed by atoms with Crippen molar-refractivity contribution in [3.8, 4) is 0 Å². The quantitative estimate of drug-likeness (QED) is 0.0991. The van der Waals surface area contributed by atoms with Crippen LogP contribution in [0.15, 0.2) is 152 Å². The van der Waals surface area contributed by atoms with Gasteiger partial charge < -0.3 is 48.1 Å². The molecule has 0 unspecified atom stereocenters. The summed E-state index contributed by atoms with van der Waals surface area (Å²) in [4.78, 5) is 0. The summed E-state index contributed by atoms with van der Waals surface area (Å²) < 4.78 is 52.9. The van der Waals surface area contributed by atoms with Crippen LogP contribution in [0.25, 0.3) is 0 Å². The summed E-state index contributed by atoms with van der Waals surface area (Å²) in [5, 5.41) is 22.1. The van der Waals surface area contributed by atoms with E-state index in [0.717, 1.165) is 27.8 Å². The summed E-state index contributed by atoms with van der Waals surface area (Å²) in [5.74, 6) is 0. The molecule has 5 aromatic carbocycles. The minimum absolute atomic E-state index is 0.184. The van der Waals surface area contributed by atoms with Crippen LogP contribution in [0.2, 0.25) is 0 Å². The molecule has 2 aliphatic heterocycles. The van der Waals surface area contributed by atoms with Gasteiger partial charge in [-0.3, -0.25) is 0 Å². The van der Waals surface area contributed by atoms with Gasteiger partial charge in [0.05, 0.1) is 45.7 Å². The van der Waals surface area contributed by atoms with E-state index in [9.17, 15) is 10.2 Å². The number of aliphatic hydroxyl groups is 2. The van der Waals surface area contributed by atoms with Crippen LogP contribution in [0.1, 0.15) is 34.7 Å². The molecule has 57 heavy (non-hydrogen) atoms. The van der Waals surface area contributed by atoms with Crippen molar-refractivity contribution in [1.29, 1.82) is 0 Å². The number of hydrogen-bond donors (Lipinski definition) is 2. The molecule has 7 rings (SSSR count). The van der Waals surface area contributed by atoms with Crippen LogP contribution in [0.4, 0.5) is 0 Å². The molecule has 0 spiro atoms. The lowest BCUT2D eigenvalue weighted by Gasteiger charge is -2.49. The highest BCUT2D eigenvalue weighted by Gasteiger charge is 2.53. The van der Waals surface area contributed by atoms with Crippen molar-refractivity contribution in [2.24, 2.45) is 0 Å². The van der Waals surface area contributed by atoms with Gasteiger partial charge in [0.2, 0.25) is 0 Å². The van der Waals surface area contributed by atoms with Gasteiger partial charge in [-0.2, -0.15) is 0 Å². The average molecular weight is 777 g/mol. The zero-order valence-corrected chi connectivity index (χ0v) is 32.1. The summed E-state index contributed by atoms with van der Waals surface area (Å²) in [6.07, 6.45) is -8.89. The predicted octanol–water partition coefficient (Wildman–Crippen LogP) is 6.75. The van der Waals surface area contributed by atoms with Gasteiger partial charge in [-0.05, 0) is 34.7 Å². The first-order valence-electron chi connectivity index (χ1n) is 19.6. The molecule has 0 amide bonds. The van der Waals surface area contributed by atoms with E-state index >= 15 is 0 Å². The molecule has 2 aliphatic rings. The maximum atomic E-state index is 11.4. The Morgan fingerprint density at radius 1 is 0.421 bits per heavy atom. The van der Waals surface area contributed by atoms with Gasteiger partial charge in [-0.15, -0.1) is 0 Å². The fraction of sp³-hybridized carbons (Fsp3) is 0.362. The van der Waals surface area contributed by atoms with Crippen molar-refractivity contribution >= 4 is 0 Å². The molecule has 10 atom stereocenters. The van der Waals surface area contributed by atoms with Gasteiger partial charge in [0.1, 0.15) is 42.7 Å². The Bertz CT molecular complexity index is 1850. The third-order valence-electron chi connectivity index (χ3n) is 10.2. The minimum Gasteiger partial charge on any atom is -0.394 e. The predicted molar refractivity (Wildman–Crippen MR) is 212 cm³/mol. The van der Waals surface area contributed by atoms with Crippen molar-refractivity contribution in [3.05, 3.63) is 179 Å².